The lowest BCUT2D eigenvalue weighted by molar-refractivity contribution is -0.149. The number of aromatic nitrogens is 2. The number of carbonyl (C=O) groups is 3. The minimum atomic E-state index is -0.468. The van der Waals surface area contributed by atoms with E-state index in [1.54, 1.807) is 31.0 Å². The van der Waals surface area contributed by atoms with Crippen molar-refractivity contribution < 1.29 is 23.5 Å². The maximum absolute atomic E-state index is 13.7. The van der Waals surface area contributed by atoms with Gasteiger partial charge in [0.05, 0.1) is 30.3 Å². The first-order valence-electron chi connectivity index (χ1n) is 12.9. The SMILES string of the molecule is CCOC(=O)[C@H]1CC[C@H](N(C)C(=O)c2cc3cc(F)ccc3[nH]2)[C@H](NC(=O)c2nc3c(s2)CN(C)CC3)C1. The first-order valence-corrected chi connectivity index (χ1v) is 13.7. The van der Waals surface area contributed by atoms with Gasteiger partial charge in [-0.05, 0) is 57.5 Å². The topological polar surface area (TPSA) is 108 Å². The maximum atomic E-state index is 13.7. The van der Waals surface area contributed by atoms with E-state index in [4.69, 9.17) is 4.74 Å². The molecule has 1 aliphatic heterocycles. The Kier molecular flexibility index (Phi) is 7.49. The van der Waals surface area contributed by atoms with Gasteiger partial charge < -0.3 is 24.8 Å². The molecule has 11 heteroatoms. The van der Waals surface area contributed by atoms with Gasteiger partial charge in [-0.15, -0.1) is 11.3 Å². The molecule has 1 fully saturated rings. The van der Waals surface area contributed by atoms with Crippen LogP contribution in [0.25, 0.3) is 10.9 Å². The summed E-state index contributed by atoms with van der Waals surface area (Å²) in [5.74, 6) is -1.60. The second-order valence-electron chi connectivity index (χ2n) is 10.1. The number of hydrogen-bond donors (Lipinski definition) is 2. The van der Waals surface area contributed by atoms with Crippen molar-refractivity contribution in [2.24, 2.45) is 5.92 Å². The molecule has 1 aliphatic carbocycles. The first kappa shape index (κ1) is 26.3. The number of benzene rings is 1. The molecule has 2 aliphatic rings. The Balaban J connectivity index is 1.37. The van der Waals surface area contributed by atoms with E-state index in [2.05, 4.69) is 20.2 Å². The third-order valence-corrected chi connectivity index (χ3v) is 8.58. The molecule has 9 nitrogen and oxygen atoms in total. The molecule has 1 saturated carbocycles. The van der Waals surface area contributed by atoms with Gasteiger partial charge in [-0.1, -0.05) is 0 Å². The third kappa shape index (κ3) is 5.30. The predicted octanol–water partition coefficient (Wildman–Crippen LogP) is 3.35. The van der Waals surface area contributed by atoms with Crippen molar-refractivity contribution in [1.82, 2.24) is 25.1 Å². The molecule has 1 aromatic carbocycles. The fourth-order valence-corrected chi connectivity index (χ4v) is 6.55. The summed E-state index contributed by atoms with van der Waals surface area (Å²) < 4.78 is 18.9. The molecular weight excluding hydrogens is 509 g/mol. The summed E-state index contributed by atoms with van der Waals surface area (Å²) in [6, 6.07) is 5.13. The van der Waals surface area contributed by atoms with Gasteiger partial charge in [-0.25, -0.2) is 9.37 Å². The minimum absolute atomic E-state index is 0.270. The van der Waals surface area contributed by atoms with Gasteiger partial charge in [0, 0.05) is 42.3 Å². The number of halogens is 1. The molecule has 5 rings (SSSR count). The fraction of sp³-hybridized carbons (Fsp3) is 0.481. The molecule has 0 radical (unpaired) electrons. The number of hydrogen-bond acceptors (Lipinski definition) is 7. The smallest absolute Gasteiger partial charge is 0.308 e. The summed E-state index contributed by atoms with van der Waals surface area (Å²) in [4.78, 5) is 51.9. The van der Waals surface area contributed by atoms with E-state index in [0.717, 1.165) is 30.1 Å². The number of carbonyl (C=O) groups excluding carboxylic acids is 3. The Hall–Kier alpha value is -3.31. The summed E-state index contributed by atoms with van der Waals surface area (Å²) in [6.07, 6.45) is 2.23. The molecule has 0 saturated heterocycles. The predicted molar refractivity (Wildman–Crippen MR) is 142 cm³/mol. The van der Waals surface area contributed by atoms with Gasteiger partial charge >= 0.3 is 5.97 Å². The number of fused-ring (bicyclic) bond motifs is 2. The fourth-order valence-electron chi connectivity index (χ4n) is 5.46. The zero-order valence-corrected chi connectivity index (χ0v) is 22.6. The number of aromatic amines is 1. The van der Waals surface area contributed by atoms with Crippen LogP contribution in [0.3, 0.4) is 0 Å². The summed E-state index contributed by atoms with van der Waals surface area (Å²) in [5, 5.41) is 4.09. The molecule has 202 valence electrons. The Morgan fingerprint density at radius 3 is 2.89 bits per heavy atom. The highest BCUT2D eigenvalue weighted by Gasteiger charge is 2.39. The van der Waals surface area contributed by atoms with Gasteiger partial charge in [0.1, 0.15) is 11.5 Å². The molecule has 0 spiro atoms. The normalized spacial score (nSPS) is 21.6. The average Bonchev–Trinajstić information content (AvgIpc) is 3.51. The van der Waals surface area contributed by atoms with Crippen LogP contribution in [0.4, 0.5) is 4.39 Å². The number of thiazole rings is 1. The van der Waals surface area contributed by atoms with Crippen LogP contribution in [0.15, 0.2) is 24.3 Å². The molecule has 0 bridgehead atoms. The van der Waals surface area contributed by atoms with Gasteiger partial charge in [-0.2, -0.15) is 0 Å². The van der Waals surface area contributed by atoms with E-state index in [0.29, 0.717) is 40.9 Å². The largest absolute Gasteiger partial charge is 0.466 e. The van der Waals surface area contributed by atoms with E-state index < -0.39 is 6.04 Å². The molecule has 2 aromatic heterocycles. The van der Waals surface area contributed by atoms with Gasteiger partial charge in [0.2, 0.25) is 0 Å². The van der Waals surface area contributed by atoms with Crippen molar-refractivity contribution in [3.8, 4) is 0 Å². The number of esters is 1. The van der Waals surface area contributed by atoms with E-state index in [1.807, 2.05) is 7.05 Å². The van der Waals surface area contributed by atoms with Gasteiger partial charge in [0.15, 0.2) is 5.01 Å². The van der Waals surface area contributed by atoms with E-state index in [9.17, 15) is 18.8 Å². The molecular formula is C27H32FN5O4S. The lowest BCUT2D eigenvalue weighted by Gasteiger charge is -2.40. The number of H-pyrrole nitrogens is 1. The third-order valence-electron chi connectivity index (χ3n) is 7.50. The number of ether oxygens (including phenoxy) is 1. The lowest BCUT2D eigenvalue weighted by Crippen LogP contribution is -2.55. The highest BCUT2D eigenvalue weighted by molar-refractivity contribution is 7.13. The Bertz CT molecular complexity index is 1370. The summed E-state index contributed by atoms with van der Waals surface area (Å²) in [5.41, 5.74) is 1.96. The first-order chi connectivity index (χ1) is 18.2. The van der Waals surface area contributed by atoms with E-state index in [1.165, 1.54) is 23.5 Å². The summed E-state index contributed by atoms with van der Waals surface area (Å²) in [6.45, 7) is 3.72. The number of rotatable bonds is 6. The minimum Gasteiger partial charge on any atom is -0.466 e. The monoisotopic (exact) mass is 541 g/mol. The quantitative estimate of drug-likeness (QED) is 0.464. The highest BCUT2D eigenvalue weighted by Crippen LogP contribution is 2.31. The average molecular weight is 542 g/mol. The van der Waals surface area contributed by atoms with E-state index in [-0.39, 0.29) is 42.2 Å². The lowest BCUT2D eigenvalue weighted by atomic mass is 9.81. The standard InChI is InChI=1S/C27H32FN5O4S/c1-4-37-27(36)15-5-8-22(33(3)26(35)21-13-16-11-17(28)6-7-18(16)29-21)20(12-15)30-24(34)25-31-19-9-10-32(2)14-23(19)38-25/h6-7,11,13,15,20,22,29H,4-5,8-10,12,14H2,1-3H3,(H,30,34)/t15-,20+,22-/m0/s1. The van der Waals surface area contributed by atoms with Crippen molar-refractivity contribution in [1.29, 1.82) is 0 Å². The molecule has 3 aromatic rings. The van der Waals surface area contributed by atoms with Crippen molar-refractivity contribution in [3.05, 3.63) is 51.4 Å². The zero-order valence-electron chi connectivity index (χ0n) is 21.8. The number of nitrogens with zero attached hydrogens (tertiary/aromatic N) is 3. The van der Waals surface area contributed by atoms with Crippen LogP contribution in [0.2, 0.25) is 0 Å². The van der Waals surface area contributed by atoms with Crippen LogP contribution in [0, 0.1) is 11.7 Å². The zero-order chi connectivity index (χ0) is 27.0. The van der Waals surface area contributed by atoms with Crippen molar-refractivity contribution in [3.63, 3.8) is 0 Å². The number of nitrogens with one attached hydrogen (secondary N) is 2. The van der Waals surface area contributed by atoms with Gasteiger partial charge in [0.25, 0.3) is 11.8 Å². The Morgan fingerprint density at radius 1 is 1.29 bits per heavy atom. The molecule has 2 N–H and O–H groups in total. The second-order valence-corrected chi connectivity index (χ2v) is 11.2. The van der Waals surface area contributed by atoms with Crippen LogP contribution < -0.4 is 5.32 Å². The molecule has 2 amide bonds. The second kappa shape index (κ2) is 10.8. The number of amides is 2. The van der Waals surface area contributed by atoms with Crippen molar-refractivity contribution in [2.45, 2.75) is 51.2 Å². The molecule has 0 unspecified atom stereocenters. The van der Waals surface area contributed by atoms with Crippen molar-refractivity contribution >= 4 is 40.0 Å². The Morgan fingerprint density at radius 2 is 2.11 bits per heavy atom. The van der Waals surface area contributed by atoms with Crippen LogP contribution in [-0.4, -0.2) is 76.9 Å². The molecule has 38 heavy (non-hydrogen) atoms. The van der Waals surface area contributed by atoms with Gasteiger partial charge in [-0.3, -0.25) is 14.4 Å². The maximum Gasteiger partial charge on any atom is 0.308 e. The highest BCUT2D eigenvalue weighted by atomic mass is 32.1. The summed E-state index contributed by atoms with van der Waals surface area (Å²) in [7, 11) is 3.74. The molecule has 3 heterocycles. The van der Waals surface area contributed by atoms with Crippen molar-refractivity contribution in [2.75, 3.05) is 27.2 Å². The van der Waals surface area contributed by atoms with E-state index >= 15 is 0 Å². The van der Waals surface area contributed by atoms with Crippen LogP contribution in [0.1, 0.15) is 57.0 Å². The van der Waals surface area contributed by atoms with Crippen LogP contribution >= 0.6 is 11.3 Å². The number of likely N-dealkylation sites (N-methyl/N-ethyl adjacent to an activating group) is 2. The summed E-state index contributed by atoms with van der Waals surface area (Å²) >= 11 is 1.39. The van der Waals surface area contributed by atoms with Crippen LogP contribution in [0.5, 0.6) is 0 Å². The molecule has 3 atom stereocenters. The van der Waals surface area contributed by atoms with Crippen LogP contribution in [-0.2, 0) is 22.5 Å². The Labute approximate surface area is 224 Å².